The topological polar surface area (TPSA) is 71.5 Å². The smallest absolute Gasteiger partial charge is 0.229 e. The predicted molar refractivity (Wildman–Crippen MR) is 90.4 cm³/mol. The molecular weight excluding hydrogens is 414 g/mol. The van der Waals surface area contributed by atoms with Crippen LogP contribution in [0, 0.1) is 0 Å². The molecule has 22 heavy (non-hydrogen) atoms. The maximum absolute atomic E-state index is 12.9. The van der Waals surface area contributed by atoms with Crippen LogP contribution in [0.5, 0.6) is 0 Å². The number of sulfonamides is 1. The molecule has 0 bridgehead atoms. The molecule has 9 heteroatoms. The van der Waals surface area contributed by atoms with Crippen molar-refractivity contribution in [2.45, 2.75) is 30.7 Å². The number of nitrogens with zero attached hydrogens (tertiary/aromatic N) is 1. The highest BCUT2D eigenvalue weighted by molar-refractivity contribution is 9.10. The molecule has 0 radical (unpaired) electrons. The van der Waals surface area contributed by atoms with Crippen LogP contribution in [0.2, 0.25) is 5.02 Å². The Labute approximate surface area is 144 Å². The summed E-state index contributed by atoms with van der Waals surface area (Å²) < 4.78 is 51.1. The summed E-state index contributed by atoms with van der Waals surface area (Å²) in [5.74, 6) is -0.0954. The van der Waals surface area contributed by atoms with Crippen molar-refractivity contribution in [1.82, 2.24) is 4.31 Å². The van der Waals surface area contributed by atoms with Gasteiger partial charge < -0.3 is 0 Å². The summed E-state index contributed by atoms with van der Waals surface area (Å²) >= 11 is 9.31. The highest BCUT2D eigenvalue weighted by atomic mass is 79.9. The van der Waals surface area contributed by atoms with E-state index in [1.807, 2.05) is 6.92 Å². The lowest BCUT2D eigenvalue weighted by molar-refractivity contribution is 0.340. The summed E-state index contributed by atoms with van der Waals surface area (Å²) in [7, 11) is -6.99. The maximum Gasteiger partial charge on any atom is 0.244 e. The van der Waals surface area contributed by atoms with E-state index in [1.165, 1.54) is 16.4 Å². The predicted octanol–water partition coefficient (Wildman–Crippen LogP) is 2.69. The molecule has 2 rings (SSSR count). The second kappa shape index (κ2) is 6.76. The van der Waals surface area contributed by atoms with Crippen molar-refractivity contribution >= 4 is 47.4 Å². The molecule has 0 aromatic heterocycles. The monoisotopic (exact) mass is 429 g/mol. The summed E-state index contributed by atoms with van der Waals surface area (Å²) in [6, 6.07) is 4.04. The molecule has 0 spiro atoms. The second-order valence-electron chi connectivity index (χ2n) is 5.25. The van der Waals surface area contributed by atoms with Gasteiger partial charge in [-0.3, -0.25) is 0 Å². The fraction of sp³-hybridized carbons (Fsp3) is 0.538. The summed E-state index contributed by atoms with van der Waals surface area (Å²) in [5, 5.41) is 0.122. The summed E-state index contributed by atoms with van der Waals surface area (Å²) in [4.78, 5) is 0.00937. The second-order valence-corrected chi connectivity index (χ2v) is 10.7. The number of rotatable bonds is 5. The Morgan fingerprint density at radius 3 is 2.59 bits per heavy atom. The highest BCUT2D eigenvalue weighted by Crippen LogP contribution is 2.31. The molecule has 1 aliphatic heterocycles. The van der Waals surface area contributed by atoms with Crippen molar-refractivity contribution in [1.29, 1.82) is 0 Å². The molecular formula is C13H17BrClNO4S2. The number of sulfone groups is 1. The normalized spacial score (nSPS) is 21.4. The van der Waals surface area contributed by atoms with Crippen molar-refractivity contribution in [3.05, 3.63) is 27.7 Å². The van der Waals surface area contributed by atoms with Crippen molar-refractivity contribution < 1.29 is 16.8 Å². The number of benzene rings is 1. The molecule has 1 aromatic carbocycles. The van der Waals surface area contributed by atoms with E-state index in [2.05, 4.69) is 15.9 Å². The van der Waals surface area contributed by atoms with Crippen LogP contribution in [0.4, 0.5) is 0 Å². The third kappa shape index (κ3) is 3.84. The van der Waals surface area contributed by atoms with Gasteiger partial charge >= 0.3 is 0 Å². The molecule has 1 atom stereocenters. The first-order valence-corrected chi connectivity index (χ1v) is 11.3. The lowest BCUT2D eigenvalue weighted by atomic mass is 10.2. The average Bonchev–Trinajstić information content (AvgIpc) is 2.75. The highest BCUT2D eigenvalue weighted by Gasteiger charge is 2.38. The molecule has 5 nitrogen and oxygen atoms in total. The first-order chi connectivity index (χ1) is 10.2. The fourth-order valence-corrected chi connectivity index (χ4v) is 7.12. The van der Waals surface area contributed by atoms with Gasteiger partial charge in [-0.25, -0.2) is 16.8 Å². The Morgan fingerprint density at radius 1 is 1.41 bits per heavy atom. The van der Waals surface area contributed by atoms with E-state index in [4.69, 9.17) is 11.6 Å². The van der Waals surface area contributed by atoms with Crippen LogP contribution < -0.4 is 0 Å². The van der Waals surface area contributed by atoms with E-state index in [0.29, 0.717) is 17.3 Å². The number of halogens is 2. The third-order valence-corrected chi connectivity index (χ3v) is 8.22. The number of hydrogen-bond acceptors (Lipinski definition) is 4. The van der Waals surface area contributed by atoms with Gasteiger partial charge in [0.05, 0.1) is 16.5 Å². The van der Waals surface area contributed by atoms with E-state index in [1.54, 1.807) is 6.07 Å². The molecule has 0 aliphatic carbocycles. The fourth-order valence-electron chi connectivity index (χ4n) is 2.53. The van der Waals surface area contributed by atoms with Crippen LogP contribution in [0.15, 0.2) is 27.6 Å². The van der Waals surface area contributed by atoms with Gasteiger partial charge in [0.1, 0.15) is 4.90 Å². The van der Waals surface area contributed by atoms with E-state index >= 15 is 0 Å². The Bertz CT molecular complexity index is 764. The Hall–Kier alpha value is -0.150. The summed E-state index contributed by atoms with van der Waals surface area (Å²) in [6.07, 6.45) is 0.930. The van der Waals surface area contributed by atoms with Gasteiger partial charge in [-0.2, -0.15) is 4.31 Å². The zero-order valence-corrected chi connectivity index (χ0v) is 16.0. The van der Waals surface area contributed by atoms with Crippen LogP contribution in [-0.2, 0) is 19.9 Å². The quantitative estimate of drug-likeness (QED) is 0.720. The molecule has 0 saturated carbocycles. The Balaban J connectivity index is 2.42. The summed E-state index contributed by atoms with van der Waals surface area (Å²) in [5.41, 5.74) is 0. The summed E-state index contributed by atoms with van der Waals surface area (Å²) in [6.45, 7) is 2.13. The molecule has 0 N–H and O–H groups in total. The minimum Gasteiger partial charge on any atom is -0.229 e. The molecule has 124 valence electrons. The lowest BCUT2D eigenvalue weighted by Crippen LogP contribution is -2.41. The van der Waals surface area contributed by atoms with E-state index in [0.717, 1.165) is 0 Å². The van der Waals surface area contributed by atoms with Gasteiger partial charge in [0, 0.05) is 17.1 Å². The Kier molecular flexibility index (Phi) is 5.59. The number of hydrogen-bond donors (Lipinski definition) is 0. The SMILES string of the molecule is CCCN(C1CCS(=O)(=O)C1)S(=O)(=O)c1ccc(Br)cc1Cl. The van der Waals surface area contributed by atoms with Gasteiger partial charge in [0.15, 0.2) is 9.84 Å². The largest absolute Gasteiger partial charge is 0.244 e. The van der Waals surface area contributed by atoms with Crippen molar-refractivity contribution in [2.75, 3.05) is 18.1 Å². The molecule has 1 aromatic rings. The molecule has 1 unspecified atom stereocenters. The van der Waals surface area contributed by atoms with Gasteiger partial charge in [-0.15, -0.1) is 0 Å². The minimum absolute atomic E-state index is 0.00937. The van der Waals surface area contributed by atoms with Crippen molar-refractivity contribution in [2.24, 2.45) is 0 Å². The Morgan fingerprint density at radius 2 is 2.09 bits per heavy atom. The molecule has 0 amide bonds. The minimum atomic E-state index is -3.83. The van der Waals surface area contributed by atoms with E-state index in [-0.39, 0.29) is 28.0 Å². The molecule has 1 aliphatic rings. The zero-order chi connectivity index (χ0) is 16.5. The third-order valence-electron chi connectivity index (χ3n) is 3.54. The van der Waals surface area contributed by atoms with Crippen LogP contribution in [0.1, 0.15) is 19.8 Å². The van der Waals surface area contributed by atoms with Crippen molar-refractivity contribution in [3.63, 3.8) is 0 Å². The molecule has 1 saturated heterocycles. The molecule has 1 fully saturated rings. The van der Waals surface area contributed by atoms with E-state index < -0.39 is 25.9 Å². The first kappa shape index (κ1) is 18.2. The maximum atomic E-state index is 12.9. The van der Waals surface area contributed by atoms with Crippen molar-refractivity contribution in [3.8, 4) is 0 Å². The average molecular weight is 431 g/mol. The lowest BCUT2D eigenvalue weighted by Gasteiger charge is -2.27. The van der Waals surface area contributed by atoms with Crippen LogP contribution in [0.25, 0.3) is 0 Å². The van der Waals surface area contributed by atoms with E-state index in [9.17, 15) is 16.8 Å². The molecule has 1 heterocycles. The standard InChI is InChI=1S/C13H17BrClNO4S2/c1-2-6-16(11-5-7-21(17,18)9-11)22(19,20)13-4-3-10(14)8-12(13)15/h3-4,8,11H,2,5-7,9H2,1H3. The van der Waals surface area contributed by atoms with Crippen LogP contribution in [0.3, 0.4) is 0 Å². The van der Waals surface area contributed by atoms with Crippen LogP contribution >= 0.6 is 27.5 Å². The van der Waals surface area contributed by atoms with Gasteiger partial charge in [-0.1, -0.05) is 34.5 Å². The zero-order valence-electron chi connectivity index (χ0n) is 12.0. The van der Waals surface area contributed by atoms with Gasteiger partial charge in [0.2, 0.25) is 10.0 Å². The van der Waals surface area contributed by atoms with Gasteiger partial charge in [-0.05, 0) is 31.0 Å². The van der Waals surface area contributed by atoms with Gasteiger partial charge in [0.25, 0.3) is 0 Å². The first-order valence-electron chi connectivity index (χ1n) is 6.84. The van der Waals surface area contributed by atoms with Crippen LogP contribution in [-0.4, -0.2) is 45.2 Å².